The lowest BCUT2D eigenvalue weighted by Gasteiger charge is -2.19. The van der Waals surface area contributed by atoms with Gasteiger partial charge in [0, 0.05) is 32.7 Å². The SMILES string of the molecule is CCOCCN(C)C(=O)CC(N)c1ccccc1. The molecule has 0 bridgehead atoms. The molecule has 0 fully saturated rings. The van der Waals surface area contributed by atoms with Gasteiger partial charge >= 0.3 is 0 Å². The predicted molar refractivity (Wildman–Crippen MR) is 72.1 cm³/mol. The van der Waals surface area contributed by atoms with Crippen molar-refractivity contribution in [3.8, 4) is 0 Å². The zero-order chi connectivity index (χ0) is 13.4. The highest BCUT2D eigenvalue weighted by Gasteiger charge is 2.14. The summed E-state index contributed by atoms with van der Waals surface area (Å²) < 4.78 is 5.22. The summed E-state index contributed by atoms with van der Waals surface area (Å²) in [6.45, 7) is 3.78. The average molecular weight is 250 g/mol. The first kappa shape index (κ1) is 14.7. The Balaban J connectivity index is 2.39. The van der Waals surface area contributed by atoms with E-state index in [-0.39, 0.29) is 11.9 Å². The number of hydrogen-bond acceptors (Lipinski definition) is 3. The molecule has 0 aliphatic heterocycles. The van der Waals surface area contributed by atoms with Crippen LogP contribution in [0.1, 0.15) is 24.9 Å². The standard InChI is InChI=1S/C14H22N2O2/c1-3-18-10-9-16(2)14(17)11-13(15)12-7-5-4-6-8-12/h4-8,13H,3,9-11,15H2,1-2H3. The summed E-state index contributed by atoms with van der Waals surface area (Å²) >= 11 is 0. The number of benzene rings is 1. The molecule has 1 aromatic carbocycles. The summed E-state index contributed by atoms with van der Waals surface area (Å²) in [6.07, 6.45) is 0.326. The van der Waals surface area contributed by atoms with Crippen LogP contribution < -0.4 is 5.73 Å². The van der Waals surface area contributed by atoms with Crippen molar-refractivity contribution in [2.24, 2.45) is 5.73 Å². The first-order valence-electron chi connectivity index (χ1n) is 6.27. The Bertz CT molecular complexity index is 354. The number of likely N-dealkylation sites (N-methyl/N-ethyl adjacent to an activating group) is 1. The van der Waals surface area contributed by atoms with Crippen LogP contribution >= 0.6 is 0 Å². The second-order valence-electron chi connectivity index (χ2n) is 4.23. The highest BCUT2D eigenvalue weighted by atomic mass is 16.5. The summed E-state index contributed by atoms with van der Waals surface area (Å²) in [7, 11) is 1.78. The Morgan fingerprint density at radius 1 is 1.39 bits per heavy atom. The fourth-order valence-electron chi connectivity index (χ4n) is 1.63. The molecule has 2 N–H and O–H groups in total. The van der Waals surface area contributed by atoms with Crippen molar-refractivity contribution in [3.05, 3.63) is 35.9 Å². The monoisotopic (exact) mass is 250 g/mol. The average Bonchev–Trinajstić information content (AvgIpc) is 2.39. The third-order valence-corrected chi connectivity index (χ3v) is 2.82. The molecule has 1 aromatic rings. The van der Waals surface area contributed by atoms with Crippen LogP contribution in [0.25, 0.3) is 0 Å². The van der Waals surface area contributed by atoms with Crippen LogP contribution in [0.4, 0.5) is 0 Å². The molecule has 1 unspecified atom stereocenters. The molecule has 1 rings (SSSR count). The molecular formula is C14H22N2O2. The molecule has 0 heterocycles. The Kier molecular flexibility index (Phi) is 6.39. The molecule has 1 atom stereocenters. The van der Waals surface area contributed by atoms with Crippen LogP contribution in [0.3, 0.4) is 0 Å². The van der Waals surface area contributed by atoms with Crippen molar-refractivity contribution in [1.82, 2.24) is 4.90 Å². The predicted octanol–water partition coefficient (Wildman–Crippen LogP) is 1.57. The van der Waals surface area contributed by atoms with Gasteiger partial charge in [0.1, 0.15) is 0 Å². The van der Waals surface area contributed by atoms with Crippen molar-refractivity contribution in [1.29, 1.82) is 0 Å². The Labute approximate surface area is 109 Å². The number of amides is 1. The lowest BCUT2D eigenvalue weighted by molar-refractivity contribution is -0.130. The fraction of sp³-hybridized carbons (Fsp3) is 0.500. The maximum atomic E-state index is 11.9. The first-order chi connectivity index (χ1) is 8.65. The third kappa shape index (κ3) is 4.85. The van der Waals surface area contributed by atoms with Gasteiger partial charge in [0.15, 0.2) is 0 Å². The summed E-state index contributed by atoms with van der Waals surface area (Å²) in [6, 6.07) is 9.44. The second-order valence-corrected chi connectivity index (χ2v) is 4.23. The molecule has 0 spiro atoms. The summed E-state index contributed by atoms with van der Waals surface area (Å²) in [5.41, 5.74) is 7.00. The van der Waals surface area contributed by atoms with Gasteiger partial charge in [0.25, 0.3) is 0 Å². The minimum absolute atomic E-state index is 0.0473. The molecule has 4 nitrogen and oxygen atoms in total. The van der Waals surface area contributed by atoms with Crippen molar-refractivity contribution in [3.63, 3.8) is 0 Å². The van der Waals surface area contributed by atoms with E-state index in [0.717, 1.165) is 5.56 Å². The topological polar surface area (TPSA) is 55.6 Å². The van der Waals surface area contributed by atoms with E-state index >= 15 is 0 Å². The van der Waals surface area contributed by atoms with Crippen LogP contribution in [0.15, 0.2) is 30.3 Å². The number of carbonyl (C=O) groups is 1. The van der Waals surface area contributed by atoms with Crippen LogP contribution in [0.2, 0.25) is 0 Å². The number of nitrogens with two attached hydrogens (primary N) is 1. The lowest BCUT2D eigenvalue weighted by Crippen LogP contribution is -2.32. The minimum atomic E-state index is -0.242. The highest BCUT2D eigenvalue weighted by molar-refractivity contribution is 5.76. The van der Waals surface area contributed by atoms with Gasteiger partial charge < -0.3 is 15.4 Å². The molecule has 0 saturated heterocycles. The number of ether oxygens (including phenoxy) is 1. The van der Waals surface area contributed by atoms with Gasteiger partial charge in [0.2, 0.25) is 5.91 Å². The zero-order valence-corrected chi connectivity index (χ0v) is 11.1. The minimum Gasteiger partial charge on any atom is -0.380 e. The molecule has 18 heavy (non-hydrogen) atoms. The Hall–Kier alpha value is -1.39. The number of hydrogen-bond donors (Lipinski definition) is 1. The molecule has 0 aliphatic carbocycles. The van der Waals surface area contributed by atoms with E-state index in [0.29, 0.717) is 26.2 Å². The summed E-state index contributed by atoms with van der Waals surface area (Å²) in [4.78, 5) is 13.6. The van der Waals surface area contributed by atoms with E-state index in [9.17, 15) is 4.79 Å². The summed E-state index contributed by atoms with van der Waals surface area (Å²) in [5.74, 6) is 0.0473. The maximum Gasteiger partial charge on any atom is 0.224 e. The molecule has 4 heteroatoms. The zero-order valence-electron chi connectivity index (χ0n) is 11.1. The van der Waals surface area contributed by atoms with Gasteiger partial charge in [-0.3, -0.25) is 4.79 Å². The molecule has 0 aromatic heterocycles. The van der Waals surface area contributed by atoms with Crippen molar-refractivity contribution in [2.75, 3.05) is 26.8 Å². The van der Waals surface area contributed by atoms with Crippen molar-refractivity contribution in [2.45, 2.75) is 19.4 Å². The van der Waals surface area contributed by atoms with Crippen molar-refractivity contribution < 1.29 is 9.53 Å². The molecule has 0 radical (unpaired) electrons. The highest BCUT2D eigenvalue weighted by Crippen LogP contribution is 2.14. The van der Waals surface area contributed by atoms with Gasteiger partial charge in [-0.2, -0.15) is 0 Å². The maximum absolute atomic E-state index is 11.9. The van der Waals surface area contributed by atoms with Gasteiger partial charge in [-0.1, -0.05) is 30.3 Å². The molecule has 1 amide bonds. The first-order valence-corrected chi connectivity index (χ1v) is 6.27. The van der Waals surface area contributed by atoms with E-state index in [1.807, 2.05) is 37.3 Å². The van der Waals surface area contributed by atoms with E-state index in [1.165, 1.54) is 0 Å². The largest absolute Gasteiger partial charge is 0.380 e. The van der Waals surface area contributed by atoms with E-state index < -0.39 is 0 Å². The Morgan fingerprint density at radius 3 is 2.67 bits per heavy atom. The number of carbonyl (C=O) groups excluding carboxylic acids is 1. The lowest BCUT2D eigenvalue weighted by atomic mass is 10.0. The van der Waals surface area contributed by atoms with Crippen LogP contribution in [-0.2, 0) is 9.53 Å². The van der Waals surface area contributed by atoms with Gasteiger partial charge in [-0.05, 0) is 12.5 Å². The number of rotatable bonds is 7. The van der Waals surface area contributed by atoms with Crippen molar-refractivity contribution >= 4 is 5.91 Å². The van der Waals surface area contributed by atoms with Gasteiger partial charge in [-0.15, -0.1) is 0 Å². The van der Waals surface area contributed by atoms with Crippen LogP contribution in [0.5, 0.6) is 0 Å². The molecule has 0 aliphatic rings. The second kappa shape index (κ2) is 7.84. The molecule has 0 saturated carbocycles. The molecule has 100 valence electrons. The van der Waals surface area contributed by atoms with E-state index in [2.05, 4.69) is 0 Å². The van der Waals surface area contributed by atoms with Crippen LogP contribution in [-0.4, -0.2) is 37.6 Å². The van der Waals surface area contributed by atoms with Crippen LogP contribution in [0, 0.1) is 0 Å². The Morgan fingerprint density at radius 2 is 2.06 bits per heavy atom. The quantitative estimate of drug-likeness (QED) is 0.747. The number of nitrogens with zero attached hydrogens (tertiary/aromatic N) is 1. The summed E-state index contributed by atoms with van der Waals surface area (Å²) in [5, 5.41) is 0. The molecular weight excluding hydrogens is 228 g/mol. The van der Waals surface area contributed by atoms with Gasteiger partial charge in [-0.25, -0.2) is 0 Å². The van der Waals surface area contributed by atoms with E-state index in [4.69, 9.17) is 10.5 Å². The van der Waals surface area contributed by atoms with E-state index in [1.54, 1.807) is 11.9 Å². The normalized spacial score (nSPS) is 12.2. The third-order valence-electron chi connectivity index (χ3n) is 2.82. The smallest absolute Gasteiger partial charge is 0.224 e. The fourth-order valence-corrected chi connectivity index (χ4v) is 1.63. The van der Waals surface area contributed by atoms with Gasteiger partial charge in [0.05, 0.1) is 6.61 Å².